The monoisotopic (exact) mass is 186 g/mol. The van der Waals surface area contributed by atoms with Crippen molar-refractivity contribution in [3.63, 3.8) is 0 Å². The largest absolute Gasteiger partial charge is 0.240 e. The van der Waals surface area contributed by atoms with Crippen molar-refractivity contribution >= 4 is 29.3 Å². The zero-order valence-electron chi connectivity index (χ0n) is 7.00. The van der Waals surface area contributed by atoms with Gasteiger partial charge in [0, 0.05) is 0 Å². The highest BCUT2D eigenvalue weighted by Gasteiger charge is 1.97. The highest BCUT2D eigenvalue weighted by molar-refractivity contribution is 8.00. The van der Waals surface area contributed by atoms with Gasteiger partial charge in [0.2, 0.25) is 0 Å². The number of thiophene rings is 1. The maximum atomic E-state index is 2.16. The molecule has 0 saturated carbocycles. The van der Waals surface area contributed by atoms with Crippen LogP contribution in [0.2, 0.25) is 0 Å². The molecule has 0 radical (unpaired) electrons. The second-order valence-electron chi connectivity index (χ2n) is 2.45. The minimum absolute atomic E-state index is 1.32. The predicted octanol–water partition coefficient (Wildman–Crippen LogP) is 2.16. The number of rotatable bonds is 2. The maximum Gasteiger partial charge on any atom is 0.180 e. The van der Waals surface area contributed by atoms with E-state index in [4.69, 9.17) is 0 Å². The summed E-state index contributed by atoms with van der Waals surface area (Å²) >= 11 is 3.62. The Morgan fingerprint density at radius 3 is 2.64 bits per heavy atom. The summed E-state index contributed by atoms with van der Waals surface area (Å²) in [5.41, 5.74) is 0. The molecule has 1 aromatic rings. The lowest BCUT2D eigenvalue weighted by Gasteiger charge is -1.83. The van der Waals surface area contributed by atoms with Crippen molar-refractivity contribution in [1.82, 2.24) is 0 Å². The van der Waals surface area contributed by atoms with Crippen LogP contribution in [-0.2, 0) is 0 Å². The molecular weight excluding hydrogens is 174 g/mol. The Balaban J connectivity index is 2.81. The molecule has 0 amide bonds. The molecule has 1 aromatic heterocycles. The third-order valence-corrected chi connectivity index (χ3v) is 3.29. The number of hydrogen-bond donors (Lipinski definition) is 0. The summed E-state index contributed by atoms with van der Waals surface area (Å²) in [5.74, 6) is 0. The molecular formula is C8H12NS2+. The average molecular weight is 186 g/mol. The van der Waals surface area contributed by atoms with E-state index in [2.05, 4.69) is 29.2 Å². The van der Waals surface area contributed by atoms with Gasteiger partial charge in [-0.3, -0.25) is 0 Å². The van der Waals surface area contributed by atoms with Crippen molar-refractivity contribution in [2.24, 2.45) is 0 Å². The van der Waals surface area contributed by atoms with Crippen LogP contribution in [0.15, 0.2) is 16.3 Å². The standard InChI is InChI=1S/C8H12NS2/c1-9(2)6-7-4-5-8(10-3)11-7/h4-6H,1-3H3/q+1. The Kier molecular flexibility index (Phi) is 3.15. The molecule has 0 saturated heterocycles. The minimum Gasteiger partial charge on any atom is -0.240 e. The second-order valence-corrected chi connectivity index (χ2v) is 4.68. The molecule has 60 valence electrons. The second kappa shape index (κ2) is 3.93. The zero-order valence-corrected chi connectivity index (χ0v) is 8.63. The van der Waals surface area contributed by atoms with Crippen molar-refractivity contribution in [2.45, 2.75) is 4.21 Å². The predicted molar refractivity (Wildman–Crippen MR) is 53.4 cm³/mol. The van der Waals surface area contributed by atoms with Gasteiger partial charge in [0.1, 0.15) is 14.1 Å². The fraction of sp³-hybridized carbons (Fsp3) is 0.375. The maximum absolute atomic E-state index is 2.16. The van der Waals surface area contributed by atoms with E-state index in [1.165, 1.54) is 9.09 Å². The minimum atomic E-state index is 1.32. The molecule has 0 bridgehead atoms. The van der Waals surface area contributed by atoms with Crippen LogP contribution in [0, 0.1) is 0 Å². The Labute approximate surface area is 75.8 Å². The van der Waals surface area contributed by atoms with E-state index >= 15 is 0 Å². The van der Waals surface area contributed by atoms with Crippen LogP contribution < -0.4 is 0 Å². The summed E-state index contributed by atoms with van der Waals surface area (Å²) in [6.45, 7) is 0. The first kappa shape index (κ1) is 8.81. The van der Waals surface area contributed by atoms with E-state index < -0.39 is 0 Å². The molecule has 0 atom stereocenters. The molecule has 0 unspecified atom stereocenters. The smallest absolute Gasteiger partial charge is 0.180 e. The van der Waals surface area contributed by atoms with Crippen molar-refractivity contribution in [1.29, 1.82) is 0 Å². The Hall–Kier alpha value is -0.280. The fourth-order valence-electron chi connectivity index (χ4n) is 0.768. The molecule has 3 heteroatoms. The highest BCUT2D eigenvalue weighted by Crippen LogP contribution is 2.23. The molecule has 1 heterocycles. The van der Waals surface area contributed by atoms with Crippen LogP contribution in [0.1, 0.15) is 4.88 Å². The summed E-state index contributed by atoms with van der Waals surface area (Å²) in [5, 5.41) is 0. The van der Waals surface area contributed by atoms with Crippen LogP contribution in [0.25, 0.3) is 0 Å². The van der Waals surface area contributed by atoms with Crippen LogP contribution in [-0.4, -0.2) is 31.1 Å². The van der Waals surface area contributed by atoms with Crippen LogP contribution in [0.4, 0.5) is 0 Å². The van der Waals surface area contributed by atoms with E-state index in [0.717, 1.165) is 0 Å². The van der Waals surface area contributed by atoms with Crippen molar-refractivity contribution in [3.05, 3.63) is 17.0 Å². The Morgan fingerprint density at radius 1 is 1.45 bits per heavy atom. The normalized spacial score (nSPS) is 9.73. The first-order chi connectivity index (χ1) is 5.22. The molecule has 1 nitrogen and oxygen atoms in total. The lowest BCUT2D eigenvalue weighted by Crippen LogP contribution is -1.97. The topological polar surface area (TPSA) is 3.01 Å². The van der Waals surface area contributed by atoms with Gasteiger partial charge in [0.05, 0.1) is 9.09 Å². The molecule has 0 N–H and O–H groups in total. The SMILES string of the molecule is CSc1ccc(C=[N+](C)C)s1. The van der Waals surface area contributed by atoms with E-state index in [0.29, 0.717) is 0 Å². The first-order valence-electron chi connectivity index (χ1n) is 3.37. The van der Waals surface area contributed by atoms with Gasteiger partial charge in [0.15, 0.2) is 6.21 Å². The van der Waals surface area contributed by atoms with Crippen LogP contribution >= 0.6 is 23.1 Å². The first-order valence-corrected chi connectivity index (χ1v) is 5.41. The average Bonchev–Trinajstić information content (AvgIpc) is 2.34. The van der Waals surface area contributed by atoms with Gasteiger partial charge in [-0.15, -0.1) is 23.1 Å². The molecule has 0 aliphatic heterocycles. The van der Waals surface area contributed by atoms with Gasteiger partial charge in [-0.2, -0.15) is 0 Å². The van der Waals surface area contributed by atoms with Crippen molar-refractivity contribution in [2.75, 3.05) is 20.4 Å². The molecule has 0 aliphatic rings. The highest BCUT2D eigenvalue weighted by atomic mass is 32.2. The molecule has 0 spiro atoms. The number of nitrogens with zero attached hydrogens (tertiary/aromatic N) is 1. The lowest BCUT2D eigenvalue weighted by molar-refractivity contribution is -0.458. The molecule has 0 aromatic carbocycles. The third-order valence-electron chi connectivity index (χ3n) is 1.19. The van der Waals surface area contributed by atoms with Crippen LogP contribution in [0.3, 0.4) is 0 Å². The van der Waals surface area contributed by atoms with Crippen molar-refractivity contribution < 1.29 is 4.58 Å². The fourth-order valence-corrected chi connectivity index (χ4v) is 2.36. The van der Waals surface area contributed by atoms with Crippen molar-refractivity contribution in [3.8, 4) is 0 Å². The number of hydrogen-bond acceptors (Lipinski definition) is 2. The Morgan fingerprint density at radius 2 is 2.18 bits per heavy atom. The van der Waals surface area contributed by atoms with Gasteiger partial charge in [-0.1, -0.05) is 0 Å². The summed E-state index contributed by atoms with van der Waals surface area (Å²) in [6.07, 6.45) is 4.23. The van der Waals surface area contributed by atoms with Crippen LogP contribution in [0.5, 0.6) is 0 Å². The molecule has 11 heavy (non-hydrogen) atoms. The lowest BCUT2D eigenvalue weighted by atomic mass is 10.5. The number of thioether (sulfide) groups is 1. The summed E-state index contributed by atoms with van der Waals surface area (Å²) in [6, 6.07) is 4.31. The van der Waals surface area contributed by atoms with Gasteiger partial charge in [0.25, 0.3) is 0 Å². The van der Waals surface area contributed by atoms with Gasteiger partial charge >= 0.3 is 0 Å². The Bertz CT molecular complexity index is 259. The van der Waals surface area contributed by atoms with E-state index in [-0.39, 0.29) is 0 Å². The molecule has 0 fully saturated rings. The summed E-state index contributed by atoms with van der Waals surface area (Å²) in [4.78, 5) is 1.32. The van der Waals surface area contributed by atoms with E-state index in [9.17, 15) is 0 Å². The summed E-state index contributed by atoms with van der Waals surface area (Å²) < 4.78 is 3.44. The van der Waals surface area contributed by atoms with E-state index in [1.54, 1.807) is 11.8 Å². The van der Waals surface area contributed by atoms with E-state index in [1.807, 2.05) is 25.4 Å². The zero-order chi connectivity index (χ0) is 8.27. The third kappa shape index (κ3) is 2.67. The molecule has 0 aliphatic carbocycles. The van der Waals surface area contributed by atoms with Gasteiger partial charge in [-0.25, -0.2) is 4.58 Å². The summed E-state index contributed by atoms with van der Waals surface area (Å²) in [7, 11) is 4.08. The van der Waals surface area contributed by atoms with Gasteiger partial charge in [-0.05, 0) is 18.4 Å². The molecule has 1 rings (SSSR count). The van der Waals surface area contributed by atoms with Gasteiger partial charge < -0.3 is 0 Å². The quantitative estimate of drug-likeness (QED) is 0.388.